The van der Waals surface area contributed by atoms with E-state index in [0.717, 1.165) is 5.92 Å². The number of rotatable bonds is 6. The lowest BCUT2D eigenvalue weighted by Gasteiger charge is -2.46. The Labute approximate surface area is 127 Å². The summed E-state index contributed by atoms with van der Waals surface area (Å²) in [6.45, 7) is 4.70. The summed E-state index contributed by atoms with van der Waals surface area (Å²) >= 11 is 0. The van der Waals surface area contributed by atoms with Gasteiger partial charge in [-0.3, -0.25) is 5.32 Å². The van der Waals surface area contributed by atoms with Crippen LogP contribution in [0.4, 0.5) is 0 Å². The largest absolute Gasteiger partial charge is 0.379 e. The maximum atomic E-state index is 9.89. The van der Waals surface area contributed by atoms with E-state index in [2.05, 4.69) is 29.6 Å². The average molecular weight is 289 g/mol. The van der Waals surface area contributed by atoms with Gasteiger partial charge in [0, 0.05) is 12.5 Å². The third-order valence-corrected chi connectivity index (χ3v) is 4.92. The predicted molar refractivity (Wildman–Crippen MR) is 83.9 cm³/mol. The molecule has 4 unspecified atom stereocenters. The summed E-state index contributed by atoms with van der Waals surface area (Å²) < 4.78 is 6.20. The van der Waals surface area contributed by atoms with E-state index in [1.165, 1.54) is 30.4 Å². The van der Waals surface area contributed by atoms with Crippen molar-refractivity contribution in [1.82, 2.24) is 5.32 Å². The Morgan fingerprint density at radius 2 is 2.10 bits per heavy atom. The number of nitrogens with one attached hydrogen (secondary N) is 1. The molecule has 0 aliphatic heterocycles. The molecule has 4 atom stereocenters. The maximum Gasteiger partial charge on any atom is 0.107 e. The number of hydrogen-bond donors (Lipinski definition) is 2. The van der Waals surface area contributed by atoms with Crippen molar-refractivity contribution in [3.8, 4) is 0 Å². The van der Waals surface area contributed by atoms with Crippen molar-refractivity contribution in [1.29, 1.82) is 0 Å². The standard InChI is InChI=1S/C18H27NO2/c1-12(2)19-17(20)9-10-21-18-15-6-4-3-5-13(15)11-14-7-8-16(14)18/h3-6,12,14,16-20H,7-11H2,1-2H3. The van der Waals surface area contributed by atoms with Crippen LogP contribution in [-0.2, 0) is 11.2 Å². The summed E-state index contributed by atoms with van der Waals surface area (Å²) in [5.74, 6) is 1.50. The summed E-state index contributed by atoms with van der Waals surface area (Å²) in [6, 6.07) is 9.01. The van der Waals surface area contributed by atoms with Gasteiger partial charge in [0.05, 0.1) is 12.7 Å². The Morgan fingerprint density at radius 3 is 2.81 bits per heavy atom. The molecule has 2 aliphatic rings. The molecule has 0 aromatic heterocycles. The number of hydrogen-bond acceptors (Lipinski definition) is 3. The van der Waals surface area contributed by atoms with E-state index in [-0.39, 0.29) is 6.10 Å². The average Bonchev–Trinajstić information content (AvgIpc) is 2.41. The van der Waals surface area contributed by atoms with Crippen LogP contribution in [0.15, 0.2) is 24.3 Å². The van der Waals surface area contributed by atoms with E-state index in [1.807, 2.05) is 13.8 Å². The van der Waals surface area contributed by atoms with Gasteiger partial charge in [-0.2, -0.15) is 0 Å². The molecule has 1 aromatic carbocycles. The van der Waals surface area contributed by atoms with Crippen molar-refractivity contribution in [3.05, 3.63) is 35.4 Å². The van der Waals surface area contributed by atoms with Crippen LogP contribution in [0.5, 0.6) is 0 Å². The van der Waals surface area contributed by atoms with E-state index in [9.17, 15) is 5.11 Å². The van der Waals surface area contributed by atoms with Gasteiger partial charge in [-0.05, 0) is 56.1 Å². The molecule has 1 saturated carbocycles. The quantitative estimate of drug-likeness (QED) is 0.791. The van der Waals surface area contributed by atoms with Crippen LogP contribution in [0, 0.1) is 11.8 Å². The molecule has 0 amide bonds. The SMILES string of the molecule is CC(C)NC(O)CCOC1c2ccccc2CC2CCC21. The van der Waals surface area contributed by atoms with Crippen molar-refractivity contribution in [2.45, 2.75) is 57.9 Å². The predicted octanol–water partition coefficient (Wildman–Crippen LogP) is 3.03. The van der Waals surface area contributed by atoms with E-state index < -0.39 is 6.23 Å². The molecule has 1 fully saturated rings. The maximum absolute atomic E-state index is 9.89. The zero-order chi connectivity index (χ0) is 14.8. The molecule has 0 radical (unpaired) electrons. The minimum absolute atomic E-state index is 0.236. The molecule has 0 heterocycles. The molecule has 3 nitrogen and oxygen atoms in total. The highest BCUT2D eigenvalue weighted by Crippen LogP contribution is 2.50. The first-order valence-electron chi connectivity index (χ1n) is 8.28. The van der Waals surface area contributed by atoms with Gasteiger partial charge in [0.2, 0.25) is 0 Å². The van der Waals surface area contributed by atoms with Crippen LogP contribution in [0.1, 0.15) is 50.3 Å². The molecule has 0 spiro atoms. The van der Waals surface area contributed by atoms with Gasteiger partial charge in [0.1, 0.15) is 6.23 Å². The van der Waals surface area contributed by atoms with Crippen LogP contribution in [0.2, 0.25) is 0 Å². The Bertz CT molecular complexity index is 474. The molecule has 116 valence electrons. The van der Waals surface area contributed by atoms with Crippen molar-refractivity contribution >= 4 is 0 Å². The first kappa shape index (κ1) is 15.0. The topological polar surface area (TPSA) is 41.5 Å². The first-order valence-corrected chi connectivity index (χ1v) is 8.28. The van der Waals surface area contributed by atoms with Crippen molar-refractivity contribution < 1.29 is 9.84 Å². The van der Waals surface area contributed by atoms with Crippen LogP contribution >= 0.6 is 0 Å². The molecule has 1 aromatic rings. The molecule has 3 rings (SSSR count). The Balaban J connectivity index is 1.59. The number of aliphatic hydroxyl groups excluding tert-OH is 1. The Morgan fingerprint density at radius 1 is 1.29 bits per heavy atom. The van der Waals surface area contributed by atoms with Crippen molar-refractivity contribution in [2.75, 3.05) is 6.61 Å². The number of benzene rings is 1. The fourth-order valence-corrected chi connectivity index (χ4v) is 3.75. The lowest BCUT2D eigenvalue weighted by molar-refractivity contribution is -0.0647. The monoisotopic (exact) mass is 289 g/mol. The van der Waals surface area contributed by atoms with E-state index in [1.54, 1.807) is 0 Å². The Hall–Kier alpha value is -0.900. The number of fused-ring (bicyclic) bond motifs is 2. The smallest absolute Gasteiger partial charge is 0.107 e. The second kappa shape index (κ2) is 6.47. The minimum Gasteiger partial charge on any atom is -0.379 e. The molecule has 0 bridgehead atoms. The molecule has 2 aliphatic carbocycles. The van der Waals surface area contributed by atoms with Crippen LogP contribution in [0.25, 0.3) is 0 Å². The number of ether oxygens (including phenoxy) is 1. The van der Waals surface area contributed by atoms with Crippen LogP contribution in [-0.4, -0.2) is 24.0 Å². The van der Waals surface area contributed by atoms with Gasteiger partial charge in [0.25, 0.3) is 0 Å². The van der Waals surface area contributed by atoms with Crippen LogP contribution < -0.4 is 5.32 Å². The summed E-state index contributed by atoms with van der Waals surface area (Å²) in [5.41, 5.74) is 2.84. The summed E-state index contributed by atoms with van der Waals surface area (Å²) in [5, 5.41) is 13.0. The van der Waals surface area contributed by atoms with Gasteiger partial charge in [-0.1, -0.05) is 24.3 Å². The van der Waals surface area contributed by atoms with Crippen molar-refractivity contribution in [3.63, 3.8) is 0 Å². The van der Waals surface area contributed by atoms with Gasteiger partial charge in [-0.15, -0.1) is 0 Å². The molecule has 21 heavy (non-hydrogen) atoms. The first-order chi connectivity index (χ1) is 10.1. The highest BCUT2D eigenvalue weighted by molar-refractivity contribution is 5.33. The fourth-order valence-electron chi connectivity index (χ4n) is 3.75. The minimum atomic E-state index is -0.471. The third kappa shape index (κ3) is 3.31. The molecule has 0 saturated heterocycles. The van der Waals surface area contributed by atoms with Gasteiger partial charge < -0.3 is 9.84 Å². The van der Waals surface area contributed by atoms with Crippen LogP contribution in [0.3, 0.4) is 0 Å². The molecular weight excluding hydrogens is 262 g/mol. The lowest BCUT2D eigenvalue weighted by Crippen LogP contribution is -2.39. The Kier molecular flexibility index (Phi) is 4.63. The lowest BCUT2D eigenvalue weighted by atomic mass is 9.62. The highest BCUT2D eigenvalue weighted by atomic mass is 16.5. The summed E-state index contributed by atoms with van der Waals surface area (Å²) in [7, 11) is 0. The molecule has 2 N–H and O–H groups in total. The second-order valence-electron chi connectivity index (χ2n) is 6.82. The zero-order valence-electron chi connectivity index (χ0n) is 13.1. The van der Waals surface area contributed by atoms with Gasteiger partial charge >= 0.3 is 0 Å². The van der Waals surface area contributed by atoms with Gasteiger partial charge in [-0.25, -0.2) is 0 Å². The summed E-state index contributed by atoms with van der Waals surface area (Å²) in [6.07, 6.45) is 4.26. The molecule has 3 heteroatoms. The van der Waals surface area contributed by atoms with E-state index >= 15 is 0 Å². The van der Waals surface area contributed by atoms with E-state index in [4.69, 9.17) is 4.74 Å². The highest BCUT2D eigenvalue weighted by Gasteiger charge is 2.42. The zero-order valence-corrected chi connectivity index (χ0v) is 13.1. The van der Waals surface area contributed by atoms with Crippen molar-refractivity contribution in [2.24, 2.45) is 11.8 Å². The third-order valence-electron chi connectivity index (χ3n) is 4.92. The second-order valence-corrected chi connectivity index (χ2v) is 6.82. The summed E-state index contributed by atoms with van der Waals surface area (Å²) in [4.78, 5) is 0. The number of aliphatic hydroxyl groups is 1. The molecular formula is C18H27NO2. The fraction of sp³-hybridized carbons (Fsp3) is 0.667. The normalized spacial score (nSPS) is 28.7. The van der Waals surface area contributed by atoms with Gasteiger partial charge in [0.15, 0.2) is 0 Å². The van der Waals surface area contributed by atoms with E-state index in [0.29, 0.717) is 25.0 Å².